The number of amides is 12. The highest BCUT2D eigenvalue weighted by molar-refractivity contribution is 6.13. The van der Waals surface area contributed by atoms with Gasteiger partial charge in [-0.25, -0.2) is 14.0 Å². The number of rotatable bonds is 39. The molecule has 2 aromatic rings. The molecule has 1 fully saturated rings. The highest BCUT2D eigenvalue weighted by Crippen LogP contribution is 2.31. The number of likely N-dealkylation sites (tertiary alicyclic amines) is 1. The van der Waals surface area contributed by atoms with Gasteiger partial charge < -0.3 is 66.4 Å². The van der Waals surface area contributed by atoms with Crippen LogP contribution in [0.15, 0.2) is 60.7 Å². The minimum Gasteiger partial charge on any atom is -0.445 e. The minimum absolute atomic E-state index is 0.0743. The molecule has 2 aliphatic heterocycles. The van der Waals surface area contributed by atoms with Crippen LogP contribution < -0.4 is 37.6 Å². The van der Waals surface area contributed by atoms with E-state index in [4.69, 9.17) is 24.7 Å². The van der Waals surface area contributed by atoms with Gasteiger partial charge in [0, 0.05) is 84.9 Å². The number of ketones is 1. The highest BCUT2D eigenvalue weighted by Gasteiger charge is 2.46. The molecule has 0 aliphatic carbocycles. The molecule has 0 spiro atoms. The predicted octanol–water partition coefficient (Wildman–Crippen LogP) is 4.99. The number of hydrogen-bond donors (Lipinski definition) is 7. The van der Waals surface area contributed by atoms with Crippen molar-refractivity contribution >= 4 is 76.8 Å². The summed E-state index contributed by atoms with van der Waals surface area (Å²) in [5.41, 5.74) is 6.30. The van der Waals surface area contributed by atoms with Gasteiger partial charge in [-0.05, 0) is 105 Å². The van der Waals surface area contributed by atoms with Crippen LogP contribution >= 0.6 is 0 Å². The van der Waals surface area contributed by atoms with E-state index in [9.17, 15) is 61.9 Å². The van der Waals surface area contributed by atoms with Crippen LogP contribution in [0, 0.1) is 35.4 Å². The third-order valence-corrected chi connectivity index (χ3v) is 18.0. The molecule has 0 unspecified atom stereocenters. The zero-order valence-corrected chi connectivity index (χ0v) is 58.9. The summed E-state index contributed by atoms with van der Waals surface area (Å²) in [5, 5.41) is 16.4. The molecule has 4 rings (SSSR count). The number of nitrogens with one attached hydrogen (secondary N) is 6. The fraction of sp³-hybridized carbons (Fsp3) is 0.623. The number of carbonyl (C=O) groups excluding carboxylic acids is 12. The first kappa shape index (κ1) is 81.1. The van der Waals surface area contributed by atoms with E-state index in [2.05, 4.69) is 31.9 Å². The van der Waals surface area contributed by atoms with Crippen molar-refractivity contribution in [1.29, 1.82) is 0 Å². The van der Waals surface area contributed by atoms with Gasteiger partial charge >= 0.3 is 12.1 Å². The van der Waals surface area contributed by atoms with Crippen molar-refractivity contribution in [3.8, 4) is 0 Å². The Bertz CT molecular complexity index is 3040. The molecule has 2 heterocycles. The molecule has 8 N–H and O–H groups in total. The van der Waals surface area contributed by atoms with Crippen molar-refractivity contribution in [3.05, 3.63) is 77.6 Å². The van der Waals surface area contributed by atoms with Gasteiger partial charge in [0.1, 0.15) is 36.6 Å². The molecule has 1 saturated heterocycles. The van der Waals surface area contributed by atoms with E-state index in [0.29, 0.717) is 43.4 Å². The van der Waals surface area contributed by atoms with Crippen molar-refractivity contribution < 1.29 is 80.9 Å². The topological polar surface area (TPSA) is 353 Å². The summed E-state index contributed by atoms with van der Waals surface area (Å²) < 4.78 is 37.1. The standard InChI is InChI=1S/C69H104FN11O16/c1-16-42(8)60(52(95-14)36-56(85)81-37-49(94-13)35-51(81)62(96-15)43(9)63(87)73-44(10)61(86)46-25-27-47(70)28-26-46)78(11)67(91)58(40(4)5)77-66(90)59(41(6)7)79(12)69(93)97-38-45-23-29-48(30-24-45)74-64(88)50(21-20-33-72-68(71)92)75-65(89)57(39(2)3)76-53(82)22-18-17-19-34-80-54(83)31-32-55(80)84/h23-32,39-44,49-52,57-60,62H,16-22,33-38H2,1-15H3,(H,73,87)(H,74,88)(H,75,89)(H,76,82)(H,77,90)(H3,71,72,92)/t42-,43+,44-,49+,50-,51-,52+,57-,58-,59-,60-,62+/m0/s1. The Hall–Kier alpha value is -8.37. The summed E-state index contributed by atoms with van der Waals surface area (Å²) in [5.74, 6) is -7.64. The lowest BCUT2D eigenvalue weighted by Crippen LogP contribution is -2.60. The van der Waals surface area contributed by atoms with E-state index in [1.165, 1.54) is 64.5 Å². The molecule has 538 valence electrons. The van der Waals surface area contributed by atoms with Gasteiger partial charge in [-0.1, -0.05) is 87.3 Å². The number of imide groups is 1. The number of anilines is 1. The molecular weight excluding hydrogens is 1260 g/mol. The van der Waals surface area contributed by atoms with Gasteiger partial charge in [-0.3, -0.25) is 57.7 Å². The number of carbonyl (C=O) groups is 12. The first-order valence-electron chi connectivity index (χ1n) is 33.3. The van der Waals surface area contributed by atoms with Gasteiger partial charge in [0.2, 0.25) is 41.4 Å². The Morgan fingerprint density at radius 2 is 1.33 bits per heavy atom. The maximum atomic E-state index is 14.9. The average Bonchev–Trinajstić information content (AvgIpc) is 1.79. The number of benzene rings is 2. The number of primary amides is 1. The molecule has 12 amide bonds. The number of urea groups is 1. The van der Waals surface area contributed by atoms with Crippen LogP contribution in [0.5, 0.6) is 0 Å². The monoisotopic (exact) mass is 1360 g/mol. The second kappa shape index (κ2) is 39.1. The minimum atomic E-state index is -1.12. The van der Waals surface area contributed by atoms with E-state index in [-0.39, 0.29) is 87.0 Å². The molecule has 27 nitrogen and oxygen atoms in total. The van der Waals surface area contributed by atoms with Crippen molar-refractivity contribution in [2.75, 3.05) is 60.4 Å². The lowest BCUT2D eigenvalue weighted by atomic mass is 9.89. The van der Waals surface area contributed by atoms with Crippen LogP contribution in [-0.4, -0.2) is 206 Å². The third-order valence-electron chi connectivity index (χ3n) is 18.0. The van der Waals surface area contributed by atoms with Gasteiger partial charge in [0.25, 0.3) is 11.8 Å². The molecule has 0 radical (unpaired) electrons. The lowest BCUT2D eigenvalue weighted by Gasteiger charge is -2.41. The lowest BCUT2D eigenvalue weighted by molar-refractivity contribution is -0.148. The molecule has 28 heteroatoms. The number of nitrogens with two attached hydrogens (primary N) is 1. The molecule has 2 aliphatic rings. The Morgan fingerprint density at radius 3 is 1.89 bits per heavy atom. The number of methoxy groups -OCH3 is 3. The van der Waals surface area contributed by atoms with E-state index in [0.717, 1.165) is 21.9 Å². The van der Waals surface area contributed by atoms with Crippen LogP contribution in [-0.2, 0) is 68.7 Å². The van der Waals surface area contributed by atoms with Crippen LogP contribution in [0.4, 0.5) is 19.7 Å². The van der Waals surface area contributed by atoms with E-state index < -0.39 is 138 Å². The SMILES string of the molecule is CC[C@H](C)[C@@H]([C@@H](CC(=O)N1C[C@H](OC)C[C@H]1[C@H](OC)[C@@H](C)C(=O)N[C@@H](C)C(=O)c1ccc(F)cc1)OC)N(C)C(=O)[C@@H](NC(=O)[C@H](C(C)C)N(C)C(=O)OCc1ccc(NC(=O)[C@H](CCCNC(N)=O)NC(=O)[C@@H](NC(=O)CCCCCN2C(=O)C=CC2=O)C(C)C)cc1)C(C)C. The maximum absolute atomic E-state index is 14.9. The van der Waals surface area contributed by atoms with Gasteiger partial charge in [0.05, 0.1) is 48.8 Å². The zero-order chi connectivity index (χ0) is 72.5. The smallest absolute Gasteiger partial charge is 0.410 e. The number of ether oxygens (including phenoxy) is 4. The number of halogens is 1. The summed E-state index contributed by atoms with van der Waals surface area (Å²) in [6.07, 6.45) is 2.05. The average molecular weight is 1360 g/mol. The second-order valence-corrected chi connectivity index (χ2v) is 26.1. The molecule has 0 bridgehead atoms. The number of likely N-dealkylation sites (N-methyl/N-ethyl adjacent to an activating group) is 2. The first-order valence-corrected chi connectivity index (χ1v) is 33.3. The number of Topliss-reactive ketones (excluding diaryl/α,β-unsaturated/α-hetero) is 1. The fourth-order valence-electron chi connectivity index (χ4n) is 12.1. The molecule has 0 aromatic heterocycles. The number of hydrogen-bond acceptors (Lipinski definition) is 16. The van der Waals surface area contributed by atoms with Crippen LogP contribution in [0.3, 0.4) is 0 Å². The predicted molar refractivity (Wildman–Crippen MR) is 359 cm³/mol. The third kappa shape index (κ3) is 23.7. The highest BCUT2D eigenvalue weighted by atomic mass is 19.1. The van der Waals surface area contributed by atoms with Crippen LogP contribution in [0.25, 0.3) is 0 Å². The molecule has 97 heavy (non-hydrogen) atoms. The molecule has 0 saturated carbocycles. The van der Waals surface area contributed by atoms with Crippen LogP contribution in [0.1, 0.15) is 143 Å². The quantitative estimate of drug-likeness (QED) is 0.0263. The molecular formula is C69H104FN11O16. The normalized spacial score (nSPS) is 17.6. The zero-order valence-electron chi connectivity index (χ0n) is 58.9. The largest absolute Gasteiger partial charge is 0.445 e. The number of unbranched alkanes of at least 4 members (excludes halogenated alkanes) is 2. The summed E-state index contributed by atoms with van der Waals surface area (Å²) in [4.78, 5) is 166. The summed E-state index contributed by atoms with van der Waals surface area (Å²) in [7, 11) is 7.44. The van der Waals surface area contributed by atoms with Gasteiger partial charge in [0.15, 0.2) is 5.78 Å². The summed E-state index contributed by atoms with van der Waals surface area (Å²) >= 11 is 0. The van der Waals surface area contributed by atoms with Crippen LogP contribution in [0.2, 0.25) is 0 Å². The van der Waals surface area contributed by atoms with E-state index >= 15 is 0 Å². The van der Waals surface area contributed by atoms with Crippen molar-refractivity contribution in [1.82, 2.24) is 46.2 Å². The van der Waals surface area contributed by atoms with Crippen molar-refractivity contribution in [2.24, 2.45) is 35.3 Å². The van der Waals surface area contributed by atoms with E-state index in [1.807, 2.05) is 13.8 Å². The Morgan fingerprint density at radius 1 is 0.701 bits per heavy atom. The second-order valence-electron chi connectivity index (χ2n) is 26.1. The Balaban J connectivity index is 1.40. The maximum Gasteiger partial charge on any atom is 0.410 e. The fourth-order valence-corrected chi connectivity index (χ4v) is 12.1. The summed E-state index contributed by atoms with van der Waals surface area (Å²) in [6.45, 7) is 17.8. The van der Waals surface area contributed by atoms with Gasteiger partial charge in [-0.2, -0.15) is 0 Å². The van der Waals surface area contributed by atoms with Crippen molar-refractivity contribution in [2.45, 2.75) is 194 Å². The van der Waals surface area contributed by atoms with E-state index in [1.54, 1.807) is 84.7 Å². The summed E-state index contributed by atoms with van der Waals surface area (Å²) in [6, 6.07) is 3.92. The number of nitrogens with zero attached hydrogens (tertiary/aromatic N) is 4. The van der Waals surface area contributed by atoms with Crippen molar-refractivity contribution in [3.63, 3.8) is 0 Å². The Labute approximate surface area is 569 Å². The Kier molecular flexibility index (Phi) is 32.7. The molecule has 12 atom stereocenters. The first-order chi connectivity index (χ1) is 45.8. The van der Waals surface area contributed by atoms with Gasteiger partial charge in [-0.15, -0.1) is 0 Å². The molecule has 2 aromatic carbocycles.